The van der Waals surface area contributed by atoms with Gasteiger partial charge in [-0.05, 0) is 48.5 Å². The summed E-state index contributed by atoms with van der Waals surface area (Å²) in [5.74, 6) is -2.31. The number of ether oxygens (including phenoxy) is 1. The standard InChI is InChI=1S/C23H18ClF3N2O3/c1-32-21-7-2-13(23(31)28-9-8-25)10-17(21)22(30)16-5-4-15(12-18(16)24)29-20-6-3-14(26)11-19(20)27/h2-7,10-12,29H,8-9H2,1H3,(H,28,31). The predicted octanol–water partition coefficient (Wildman–Crippen LogP) is 5.30. The fourth-order valence-electron chi connectivity index (χ4n) is 2.96. The van der Waals surface area contributed by atoms with E-state index < -0.39 is 30.0 Å². The van der Waals surface area contributed by atoms with E-state index in [0.717, 1.165) is 12.1 Å². The number of amides is 1. The lowest BCUT2D eigenvalue weighted by atomic mass is 9.99. The second-order valence-corrected chi connectivity index (χ2v) is 7.04. The molecule has 0 aliphatic carbocycles. The van der Waals surface area contributed by atoms with Gasteiger partial charge in [0.2, 0.25) is 0 Å². The molecule has 0 saturated heterocycles. The zero-order valence-electron chi connectivity index (χ0n) is 16.8. The number of halogens is 4. The molecule has 32 heavy (non-hydrogen) atoms. The van der Waals surface area contributed by atoms with E-state index >= 15 is 0 Å². The summed E-state index contributed by atoms with van der Waals surface area (Å²) in [5.41, 5.74) is 0.784. The number of hydrogen-bond donors (Lipinski definition) is 2. The average molecular weight is 463 g/mol. The van der Waals surface area contributed by atoms with Gasteiger partial charge in [-0.15, -0.1) is 0 Å². The summed E-state index contributed by atoms with van der Waals surface area (Å²) in [4.78, 5) is 25.2. The third-order valence-electron chi connectivity index (χ3n) is 4.51. The number of carbonyl (C=O) groups is 2. The Bertz CT molecular complexity index is 1170. The molecular formula is C23H18ClF3N2O3. The first-order valence-corrected chi connectivity index (χ1v) is 9.80. The van der Waals surface area contributed by atoms with Crippen LogP contribution in [0.5, 0.6) is 5.75 Å². The van der Waals surface area contributed by atoms with Crippen LogP contribution in [0, 0.1) is 11.6 Å². The molecule has 2 N–H and O–H groups in total. The van der Waals surface area contributed by atoms with Crippen LogP contribution in [0.1, 0.15) is 26.3 Å². The number of anilines is 2. The molecule has 0 aliphatic rings. The van der Waals surface area contributed by atoms with Crippen LogP contribution in [0.2, 0.25) is 5.02 Å². The molecule has 0 bridgehead atoms. The number of carbonyl (C=O) groups excluding carboxylic acids is 2. The van der Waals surface area contributed by atoms with Crippen molar-refractivity contribution in [3.05, 3.63) is 87.9 Å². The van der Waals surface area contributed by atoms with Crippen molar-refractivity contribution < 1.29 is 27.5 Å². The lowest BCUT2D eigenvalue weighted by molar-refractivity contribution is 0.0950. The molecule has 0 spiro atoms. The molecule has 166 valence electrons. The monoisotopic (exact) mass is 462 g/mol. The van der Waals surface area contributed by atoms with Gasteiger partial charge in [-0.3, -0.25) is 9.59 Å². The van der Waals surface area contributed by atoms with Crippen molar-refractivity contribution in [1.82, 2.24) is 5.32 Å². The molecule has 5 nitrogen and oxygen atoms in total. The summed E-state index contributed by atoms with van der Waals surface area (Å²) >= 11 is 6.30. The van der Waals surface area contributed by atoms with E-state index in [2.05, 4.69) is 10.6 Å². The molecule has 0 aromatic heterocycles. The molecule has 9 heteroatoms. The second-order valence-electron chi connectivity index (χ2n) is 6.63. The number of nitrogens with one attached hydrogen (secondary N) is 2. The van der Waals surface area contributed by atoms with Gasteiger partial charge in [0.05, 0.1) is 23.4 Å². The van der Waals surface area contributed by atoms with Crippen LogP contribution >= 0.6 is 11.6 Å². The maximum Gasteiger partial charge on any atom is 0.251 e. The van der Waals surface area contributed by atoms with Gasteiger partial charge in [-0.25, -0.2) is 13.2 Å². The highest BCUT2D eigenvalue weighted by Gasteiger charge is 2.20. The van der Waals surface area contributed by atoms with E-state index in [1.54, 1.807) is 0 Å². The Morgan fingerprint density at radius 1 is 1.00 bits per heavy atom. The van der Waals surface area contributed by atoms with Crippen LogP contribution in [0.3, 0.4) is 0 Å². The molecule has 0 aliphatic heterocycles. The molecule has 0 saturated carbocycles. The molecule has 0 unspecified atom stereocenters. The summed E-state index contributed by atoms with van der Waals surface area (Å²) in [6.45, 7) is -0.866. The van der Waals surface area contributed by atoms with Crippen molar-refractivity contribution in [3.63, 3.8) is 0 Å². The van der Waals surface area contributed by atoms with E-state index in [0.29, 0.717) is 5.69 Å². The summed E-state index contributed by atoms with van der Waals surface area (Å²) in [6.07, 6.45) is 0. The molecule has 1 amide bonds. The van der Waals surface area contributed by atoms with Crippen molar-refractivity contribution >= 4 is 34.7 Å². The highest BCUT2D eigenvalue weighted by atomic mass is 35.5. The maximum atomic E-state index is 13.9. The van der Waals surface area contributed by atoms with E-state index in [1.165, 1.54) is 49.6 Å². The van der Waals surface area contributed by atoms with Crippen molar-refractivity contribution in [2.75, 3.05) is 25.6 Å². The van der Waals surface area contributed by atoms with E-state index in [9.17, 15) is 22.8 Å². The zero-order valence-corrected chi connectivity index (χ0v) is 17.6. The van der Waals surface area contributed by atoms with Crippen LogP contribution in [0.4, 0.5) is 24.5 Å². The second kappa shape index (κ2) is 10.2. The number of alkyl halides is 1. The minimum Gasteiger partial charge on any atom is -0.496 e. The Labute approximate surface area is 187 Å². The minimum atomic E-state index is -0.783. The summed E-state index contributed by atoms with van der Waals surface area (Å²) < 4.78 is 44.5. The normalized spacial score (nSPS) is 10.5. The van der Waals surface area contributed by atoms with Crippen LogP contribution in [0.25, 0.3) is 0 Å². The Morgan fingerprint density at radius 3 is 2.44 bits per heavy atom. The third-order valence-corrected chi connectivity index (χ3v) is 4.82. The third kappa shape index (κ3) is 5.20. The van der Waals surface area contributed by atoms with Gasteiger partial charge >= 0.3 is 0 Å². The van der Waals surface area contributed by atoms with Gasteiger partial charge in [0, 0.05) is 29.4 Å². The van der Waals surface area contributed by atoms with Gasteiger partial charge in [0.25, 0.3) is 5.91 Å². The first-order valence-electron chi connectivity index (χ1n) is 9.42. The average Bonchev–Trinajstić information content (AvgIpc) is 2.78. The van der Waals surface area contributed by atoms with Crippen molar-refractivity contribution in [1.29, 1.82) is 0 Å². The van der Waals surface area contributed by atoms with Crippen molar-refractivity contribution in [2.24, 2.45) is 0 Å². The van der Waals surface area contributed by atoms with Gasteiger partial charge in [-0.2, -0.15) is 0 Å². The summed E-state index contributed by atoms with van der Waals surface area (Å²) in [7, 11) is 1.38. The van der Waals surface area contributed by atoms with Gasteiger partial charge in [-0.1, -0.05) is 11.6 Å². The van der Waals surface area contributed by atoms with Crippen molar-refractivity contribution in [2.45, 2.75) is 0 Å². The smallest absolute Gasteiger partial charge is 0.251 e. The van der Waals surface area contributed by atoms with Gasteiger partial charge in [0.15, 0.2) is 5.78 Å². The van der Waals surface area contributed by atoms with E-state index in [1.807, 2.05) is 0 Å². The van der Waals surface area contributed by atoms with Gasteiger partial charge < -0.3 is 15.4 Å². The molecule has 3 rings (SSSR count). The van der Waals surface area contributed by atoms with Crippen molar-refractivity contribution in [3.8, 4) is 5.75 Å². The number of benzene rings is 3. The largest absolute Gasteiger partial charge is 0.496 e. The number of methoxy groups -OCH3 is 1. The fourth-order valence-corrected chi connectivity index (χ4v) is 3.22. The van der Waals surface area contributed by atoms with Crippen LogP contribution in [0.15, 0.2) is 54.6 Å². The molecular weight excluding hydrogens is 445 g/mol. The quantitative estimate of drug-likeness (QED) is 0.446. The predicted molar refractivity (Wildman–Crippen MR) is 116 cm³/mol. The zero-order chi connectivity index (χ0) is 23.3. The van der Waals surface area contributed by atoms with Crippen LogP contribution < -0.4 is 15.4 Å². The van der Waals surface area contributed by atoms with Crippen LogP contribution in [-0.4, -0.2) is 32.0 Å². The molecule has 3 aromatic carbocycles. The van der Waals surface area contributed by atoms with Crippen LogP contribution in [-0.2, 0) is 0 Å². The number of hydrogen-bond acceptors (Lipinski definition) is 4. The summed E-state index contributed by atoms with van der Waals surface area (Å²) in [5, 5.41) is 5.22. The first kappa shape index (κ1) is 23.1. The topological polar surface area (TPSA) is 67.4 Å². The molecule has 0 fully saturated rings. The highest BCUT2D eigenvalue weighted by molar-refractivity contribution is 6.35. The maximum absolute atomic E-state index is 13.9. The molecule has 3 aromatic rings. The highest BCUT2D eigenvalue weighted by Crippen LogP contribution is 2.30. The molecule has 0 atom stereocenters. The SMILES string of the molecule is COc1ccc(C(=O)NCCF)cc1C(=O)c1ccc(Nc2ccc(F)cc2F)cc1Cl. The van der Waals surface area contributed by atoms with Gasteiger partial charge in [0.1, 0.15) is 24.1 Å². The van der Waals surface area contributed by atoms with E-state index in [4.69, 9.17) is 16.3 Å². The Hall–Kier alpha value is -3.52. The Morgan fingerprint density at radius 2 is 1.78 bits per heavy atom. The molecule has 0 heterocycles. The number of rotatable bonds is 8. The lowest BCUT2D eigenvalue weighted by Gasteiger charge is -2.13. The first-order chi connectivity index (χ1) is 15.3. The molecule has 0 radical (unpaired) electrons. The Balaban J connectivity index is 1.89. The number of ketones is 1. The Kier molecular flexibility index (Phi) is 7.37. The summed E-state index contributed by atoms with van der Waals surface area (Å²) in [6, 6.07) is 11.7. The van der Waals surface area contributed by atoms with E-state index in [-0.39, 0.29) is 39.7 Å². The minimum absolute atomic E-state index is 0.0372. The lowest BCUT2D eigenvalue weighted by Crippen LogP contribution is -2.25. The fraction of sp³-hybridized carbons (Fsp3) is 0.130.